The average Bonchev–Trinajstić information content (AvgIpc) is 2.89. The summed E-state index contributed by atoms with van der Waals surface area (Å²) in [5.74, 6) is 0. The van der Waals surface area contributed by atoms with Crippen LogP contribution in [-0.2, 0) is 20.3 Å². The fourth-order valence-corrected chi connectivity index (χ4v) is 12.3. The van der Waals surface area contributed by atoms with E-state index < -0.39 is 20.3 Å². The third kappa shape index (κ3) is 1.88. The summed E-state index contributed by atoms with van der Waals surface area (Å²) in [4.78, 5) is 0. The second-order valence-electron chi connectivity index (χ2n) is 5.53. The maximum atomic E-state index is 2.61. The fourth-order valence-electron chi connectivity index (χ4n) is 3.07. The molecule has 0 spiro atoms. The van der Waals surface area contributed by atoms with E-state index >= 15 is 0 Å². The molecule has 86 valence electrons. The zero-order chi connectivity index (χ0) is 11.6. The molecular weight excluding hydrogens is 271 g/mol. The van der Waals surface area contributed by atoms with Gasteiger partial charge in [-0.2, -0.15) is 0 Å². The van der Waals surface area contributed by atoms with Gasteiger partial charge in [-0.3, -0.25) is 0 Å². The molecule has 0 atom stereocenters. The normalized spacial score (nSPS) is 22.4. The van der Waals surface area contributed by atoms with Gasteiger partial charge in [0.25, 0.3) is 0 Å². The topological polar surface area (TPSA) is 0 Å². The first-order valence-electron chi connectivity index (χ1n) is 6.34. The first-order valence-corrected chi connectivity index (χ1v) is 13.9. The van der Waals surface area contributed by atoms with E-state index in [0.717, 1.165) is 3.63 Å². The molecule has 0 unspecified atom stereocenters. The van der Waals surface area contributed by atoms with Crippen LogP contribution < -0.4 is 0 Å². The summed E-state index contributed by atoms with van der Waals surface area (Å²) in [6, 6.07) is 0. The van der Waals surface area contributed by atoms with Gasteiger partial charge >= 0.3 is 105 Å². The van der Waals surface area contributed by atoms with Gasteiger partial charge in [-0.15, -0.1) is 0 Å². The van der Waals surface area contributed by atoms with Gasteiger partial charge in [-0.25, -0.2) is 0 Å². The van der Waals surface area contributed by atoms with Crippen molar-refractivity contribution in [2.24, 2.45) is 0 Å². The zero-order valence-electron chi connectivity index (χ0n) is 10.6. The molecule has 1 heteroatoms. The van der Waals surface area contributed by atoms with Crippen LogP contribution in [-0.4, -0.2) is 0 Å². The van der Waals surface area contributed by atoms with E-state index in [-0.39, 0.29) is 0 Å². The van der Waals surface area contributed by atoms with Crippen molar-refractivity contribution in [3.8, 4) is 0 Å². The van der Waals surface area contributed by atoms with E-state index in [0.29, 0.717) is 3.12 Å². The Bertz CT molecular complexity index is 345. The Morgan fingerprint density at radius 3 is 2.06 bits per heavy atom. The van der Waals surface area contributed by atoms with E-state index in [1.165, 1.54) is 12.8 Å². The summed E-state index contributed by atoms with van der Waals surface area (Å²) >= 11 is -2.18. The number of allylic oxidation sites excluding steroid dienone is 8. The molecular formula is C15H22Zr. The van der Waals surface area contributed by atoms with Crippen molar-refractivity contribution in [1.82, 2.24) is 0 Å². The van der Waals surface area contributed by atoms with Crippen LogP contribution in [0.3, 0.4) is 0 Å². The van der Waals surface area contributed by atoms with Gasteiger partial charge in [0.05, 0.1) is 0 Å². The summed E-state index contributed by atoms with van der Waals surface area (Å²) in [5, 5.41) is 0. The molecule has 2 aliphatic carbocycles. The van der Waals surface area contributed by atoms with Crippen LogP contribution in [0.1, 0.15) is 19.8 Å². The van der Waals surface area contributed by atoms with Crippen LogP contribution in [0.4, 0.5) is 0 Å². The summed E-state index contributed by atoms with van der Waals surface area (Å²) in [5.41, 5.74) is 0. The van der Waals surface area contributed by atoms with E-state index in [1.807, 2.05) is 0 Å². The van der Waals surface area contributed by atoms with E-state index in [9.17, 15) is 0 Å². The van der Waals surface area contributed by atoms with Crippen LogP contribution in [0.5, 0.6) is 0 Å². The van der Waals surface area contributed by atoms with Crippen LogP contribution in [0, 0.1) is 0 Å². The molecule has 16 heavy (non-hydrogen) atoms. The molecule has 0 saturated heterocycles. The monoisotopic (exact) mass is 292 g/mol. The molecule has 0 aromatic rings. The standard InChI is InChI=1S/C8H11.C5H5.2CH3.Zr/c1-2-5-8-6-3-4-7-8;1-2-4-5-3-1;;;/h3-4,6-7H,2,5H2,1H3;1-5H;2*1H3;. The molecule has 0 nitrogen and oxygen atoms in total. The van der Waals surface area contributed by atoms with Crippen molar-refractivity contribution in [3.63, 3.8) is 0 Å². The molecule has 0 aliphatic heterocycles. The molecule has 0 fully saturated rings. The molecule has 0 bridgehead atoms. The average molecular weight is 294 g/mol. The second kappa shape index (κ2) is 4.61. The number of hydrogen-bond acceptors (Lipinski definition) is 0. The van der Waals surface area contributed by atoms with Crippen LogP contribution in [0.25, 0.3) is 0 Å². The fraction of sp³-hybridized carbons (Fsp3) is 0.467. The van der Waals surface area contributed by atoms with Crippen molar-refractivity contribution in [2.45, 2.75) is 35.8 Å². The molecule has 0 N–H and O–H groups in total. The summed E-state index contributed by atoms with van der Waals surface area (Å²) in [6.45, 7) is 2.31. The summed E-state index contributed by atoms with van der Waals surface area (Å²) in [6.07, 6.45) is 21.4. The van der Waals surface area contributed by atoms with E-state index in [1.54, 1.807) is 0 Å². The SMILES string of the molecule is CCC[C]1([Zr]([CH3])([CH3])[CH]2C=CC=C2)C=CC=C1. The third-order valence-electron chi connectivity index (χ3n) is 4.34. The predicted molar refractivity (Wildman–Crippen MR) is 69.6 cm³/mol. The van der Waals surface area contributed by atoms with Gasteiger partial charge < -0.3 is 0 Å². The Hall–Kier alpha value is -0.157. The summed E-state index contributed by atoms with van der Waals surface area (Å²) < 4.78 is 6.44. The van der Waals surface area contributed by atoms with Gasteiger partial charge in [0.15, 0.2) is 0 Å². The molecule has 0 radical (unpaired) electrons. The first kappa shape index (κ1) is 12.3. The maximum absolute atomic E-state index is 2.61. The molecule has 0 heterocycles. The van der Waals surface area contributed by atoms with Gasteiger partial charge in [0.2, 0.25) is 0 Å². The number of hydrogen-bond donors (Lipinski definition) is 0. The molecule has 2 aliphatic rings. The Kier molecular flexibility index (Phi) is 3.54. The summed E-state index contributed by atoms with van der Waals surface area (Å²) in [7, 11) is 0. The van der Waals surface area contributed by atoms with Gasteiger partial charge in [-0.05, 0) is 0 Å². The molecule has 2 rings (SSSR count). The van der Waals surface area contributed by atoms with Gasteiger partial charge in [-0.1, -0.05) is 0 Å². The van der Waals surface area contributed by atoms with Crippen molar-refractivity contribution < 1.29 is 20.3 Å². The number of rotatable bonds is 4. The van der Waals surface area contributed by atoms with Gasteiger partial charge in [0.1, 0.15) is 0 Å². The van der Waals surface area contributed by atoms with Crippen LogP contribution >= 0.6 is 0 Å². The first-order chi connectivity index (χ1) is 7.62. The Morgan fingerprint density at radius 1 is 1.00 bits per heavy atom. The Morgan fingerprint density at radius 2 is 1.56 bits per heavy atom. The van der Waals surface area contributed by atoms with Crippen LogP contribution in [0.15, 0.2) is 48.6 Å². The minimum absolute atomic E-state index is 0.452. The Balaban J connectivity index is 2.32. The Labute approximate surface area is 104 Å². The molecule has 0 saturated carbocycles. The molecule has 0 aromatic carbocycles. The van der Waals surface area contributed by atoms with Crippen molar-refractivity contribution in [1.29, 1.82) is 0 Å². The van der Waals surface area contributed by atoms with Crippen molar-refractivity contribution in [3.05, 3.63) is 48.6 Å². The molecule has 0 aromatic heterocycles. The van der Waals surface area contributed by atoms with Crippen molar-refractivity contribution >= 4 is 0 Å². The van der Waals surface area contributed by atoms with Crippen LogP contribution in [0.2, 0.25) is 16.0 Å². The third-order valence-corrected chi connectivity index (χ3v) is 16.7. The van der Waals surface area contributed by atoms with E-state index in [4.69, 9.17) is 0 Å². The quantitative estimate of drug-likeness (QED) is 0.665. The van der Waals surface area contributed by atoms with E-state index in [2.05, 4.69) is 64.8 Å². The zero-order valence-corrected chi connectivity index (χ0v) is 13.1. The minimum atomic E-state index is -2.18. The van der Waals surface area contributed by atoms with Crippen molar-refractivity contribution in [2.75, 3.05) is 0 Å². The predicted octanol–water partition coefficient (Wildman–Crippen LogP) is 5.24. The second-order valence-corrected chi connectivity index (χ2v) is 17.9. The van der Waals surface area contributed by atoms with Gasteiger partial charge in [0, 0.05) is 0 Å². The molecule has 0 amide bonds.